The molecule has 1 heterocycles. The molecule has 0 atom stereocenters. The number of benzene rings is 1. The molecule has 0 aliphatic heterocycles. The van der Waals surface area contributed by atoms with Crippen molar-refractivity contribution < 1.29 is 9.90 Å². The zero-order valence-corrected chi connectivity index (χ0v) is 12.8. The predicted octanol–water partition coefficient (Wildman–Crippen LogP) is 3.81. The minimum atomic E-state index is -0.933. The van der Waals surface area contributed by atoms with Crippen molar-refractivity contribution in [1.29, 1.82) is 0 Å². The molecule has 0 saturated heterocycles. The van der Waals surface area contributed by atoms with Gasteiger partial charge in [0.15, 0.2) is 5.13 Å². The number of carboxylic acids is 1. The lowest BCUT2D eigenvalue weighted by atomic mass is 10.2. The predicted molar refractivity (Wildman–Crippen MR) is 81.0 cm³/mol. The van der Waals surface area contributed by atoms with Gasteiger partial charge in [-0.1, -0.05) is 17.4 Å². The van der Waals surface area contributed by atoms with E-state index in [1.165, 1.54) is 0 Å². The van der Waals surface area contributed by atoms with E-state index in [1.54, 1.807) is 6.92 Å². The van der Waals surface area contributed by atoms with Crippen LogP contribution >= 0.6 is 33.9 Å². The van der Waals surface area contributed by atoms with Crippen LogP contribution in [-0.4, -0.2) is 16.1 Å². The Morgan fingerprint density at radius 1 is 1.44 bits per heavy atom. The van der Waals surface area contributed by atoms with Crippen molar-refractivity contribution in [3.05, 3.63) is 37.9 Å². The Labute approximate surface area is 122 Å². The van der Waals surface area contributed by atoms with Crippen LogP contribution in [0.5, 0.6) is 0 Å². The summed E-state index contributed by atoms with van der Waals surface area (Å²) in [5.41, 5.74) is 2.59. The first kappa shape index (κ1) is 13.3. The van der Waals surface area contributed by atoms with Crippen LogP contribution in [0.25, 0.3) is 0 Å². The highest BCUT2D eigenvalue weighted by molar-refractivity contribution is 14.1. The van der Waals surface area contributed by atoms with Gasteiger partial charge in [0.1, 0.15) is 4.88 Å². The number of thiazole rings is 1. The zero-order valence-electron chi connectivity index (χ0n) is 9.82. The second kappa shape index (κ2) is 5.23. The number of anilines is 2. The van der Waals surface area contributed by atoms with Crippen molar-refractivity contribution in [2.75, 3.05) is 5.32 Å². The zero-order chi connectivity index (χ0) is 13.3. The number of aromatic carboxylic acids is 1. The van der Waals surface area contributed by atoms with Gasteiger partial charge in [0.2, 0.25) is 0 Å². The van der Waals surface area contributed by atoms with Crippen molar-refractivity contribution in [2.45, 2.75) is 13.8 Å². The normalized spacial score (nSPS) is 10.4. The third-order valence-electron chi connectivity index (χ3n) is 2.43. The van der Waals surface area contributed by atoms with Crippen LogP contribution < -0.4 is 5.32 Å². The first-order valence-corrected chi connectivity index (χ1v) is 7.11. The van der Waals surface area contributed by atoms with Gasteiger partial charge in [0.05, 0.1) is 5.69 Å². The molecule has 0 radical (unpaired) electrons. The Morgan fingerprint density at radius 2 is 2.17 bits per heavy atom. The maximum Gasteiger partial charge on any atom is 0.347 e. The minimum absolute atomic E-state index is 0.279. The molecule has 18 heavy (non-hydrogen) atoms. The number of halogens is 1. The molecule has 0 aliphatic carbocycles. The summed E-state index contributed by atoms with van der Waals surface area (Å²) in [6.07, 6.45) is 0. The lowest BCUT2D eigenvalue weighted by molar-refractivity contribution is 0.0701. The topological polar surface area (TPSA) is 62.2 Å². The van der Waals surface area contributed by atoms with Crippen LogP contribution in [0.4, 0.5) is 10.8 Å². The number of carboxylic acid groups (broad SMARTS) is 1. The molecule has 1 aromatic carbocycles. The molecule has 0 spiro atoms. The van der Waals surface area contributed by atoms with Crippen LogP contribution in [0.2, 0.25) is 0 Å². The Kier molecular flexibility index (Phi) is 3.86. The number of hydrogen-bond acceptors (Lipinski definition) is 4. The van der Waals surface area contributed by atoms with Gasteiger partial charge in [-0.05, 0) is 54.1 Å². The third kappa shape index (κ3) is 2.81. The average molecular weight is 374 g/mol. The quantitative estimate of drug-likeness (QED) is 0.803. The number of nitrogens with one attached hydrogen (secondary N) is 1. The molecule has 0 aliphatic rings. The van der Waals surface area contributed by atoms with E-state index in [0.717, 1.165) is 26.2 Å². The molecule has 0 fully saturated rings. The van der Waals surface area contributed by atoms with Gasteiger partial charge < -0.3 is 10.4 Å². The summed E-state index contributed by atoms with van der Waals surface area (Å²) >= 11 is 3.39. The fraction of sp³-hybridized carbons (Fsp3) is 0.167. The van der Waals surface area contributed by atoms with E-state index in [0.29, 0.717) is 10.8 Å². The molecule has 6 heteroatoms. The van der Waals surface area contributed by atoms with Gasteiger partial charge in [-0.2, -0.15) is 0 Å². The lowest BCUT2D eigenvalue weighted by Gasteiger charge is -2.06. The summed E-state index contributed by atoms with van der Waals surface area (Å²) in [4.78, 5) is 15.5. The van der Waals surface area contributed by atoms with Crippen molar-refractivity contribution in [1.82, 2.24) is 4.98 Å². The van der Waals surface area contributed by atoms with Crippen molar-refractivity contribution >= 4 is 50.7 Å². The summed E-state index contributed by atoms with van der Waals surface area (Å²) < 4.78 is 1.12. The van der Waals surface area contributed by atoms with Crippen LogP contribution in [0.15, 0.2) is 18.2 Å². The highest BCUT2D eigenvalue weighted by Crippen LogP contribution is 2.28. The molecule has 0 amide bonds. The molecule has 94 valence electrons. The fourth-order valence-electron chi connectivity index (χ4n) is 1.49. The first-order valence-electron chi connectivity index (χ1n) is 5.21. The maximum atomic E-state index is 11.0. The van der Waals surface area contributed by atoms with Gasteiger partial charge in [-0.3, -0.25) is 0 Å². The standard InChI is InChI=1S/C12H11IN2O2S/c1-6-3-4-8(13)5-9(6)15-12-14-7(2)10(18-12)11(16)17/h3-5H,1-2H3,(H,14,15)(H,16,17). The summed E-state index contributed by atoms with van der Waals surface area (Å²) in [6, 6.07) is 6.05. The largest absolute Gasteiger partial charge is 0.477 e. The van der Waals surface area contributed by atoms with Crippen molar-refractivity contribution in [2.24, 2.45) is 0 Å². The van der Waals surface area contributed by atoms with Gasteiger partial charge in [-0.25, -0.2) is 9.78 Å². The van der Waals surface area contributed by atoms with Gasteiger partial charge in [-0.15, -0.1) is 0 Å². The van der Waals surface area contributed by atoms with Crippen molar-refractivity contribution in [3.63, 3.8) is 0 Å². The van der Waals surface area contributed by atoms with Gasteiger partial charge in [0.25, 0.3) is 0 Å². The molecule has 4 nitrogen and oxygen atoms in total. The van der Waals surface area contributed by atoms with E-state index in [2.05, 4.69) is 32.9 Å². The summed E-state index contributed by atoms with van der Waals surface area (Å²) in [5.74, 6) is -0.933. The number of carbonyl (C=O) groups is 1. The van der Waals surface area contributed by atoms with E-state index in [-0.39, 0.29) is 4.88 Å². The molecule has 2 aromatic rings. The number of nitrogens with zero attached hydrogens (tertiary/aromatic N) is 1. The SMILES string of the molecule is Cc1ccc(I)cc1Nc1nc(C)c(C(=O)O)s1. The Hall–Kier alpha value is -1.15. The number of aryl methyl sites for hydroxylation is 2. The number of rotatable bonds is 3. The van der Waals surface area contributed by atoms with Gasteiger partial charge >= 0.3 is 5.97 Å². The number of hydrogen-bond donors (Lipinski definition) is 2. The van der Waals surface area contributed by atoms with E-state index in [9.17, 15) is 4.79 Å². The summed E-state index contributed by atoms with van der Waals surface area (Å²) in [7, 11) is 0. The second-order valence-electron chi connectivity index (χ2n) is 3.82. The average Bonchev–Trinajstić information content (AvgIpc) is 2.65. The van der Waals surface area contributed by atoms with Crippen LogP contribution in [-0.2, 0) is 0 Å². The minimum Gasteiger partial charge on any atom is -0.477 e. The summed E-state index contributed by atoms with van der Waals surface area (Å²) in [5, 5.41) is 12.8. The van der Waals surface area contributed by atoms with Crippen molar-refractivity contribution in [3.8, 4) is 0 Å². The van der Waals surface area contributed by atoms with Crippen LogP contribution in [0.1, 0.15) is 20.9 Å². The highest BCUT2D eigenvalue weighted by Gasteiger charge is 2.14. The summed E-state index contributed by atoms with van der Waals surface area (Å²) in [6.45, 7) is 3.70. The maximum absolute atomic E-state index is 11.0. The lowest BCUT2D eigenvalue weighted by Crippen LogP contribution is -1.94. The fourth-order valence-corrected chi connectivity index (χ4v) is 2.80. The molecule has 0 bridgehead atoms. The molecule has 0 unspecified atom stereocenters. The van der Waals surface area contributed by atoms with E-state index in [1.807, 2.05) is 25.1 Å². The molecule has 2 N–H and O–H groups in total. The molecule has 0 saturated carbocycles. The second-order valence-corrected chi connectivity index (χ2v) is 6.07. The van der Waals surface area contributed by atoms with Crippen LogP contribution in [0, 0.1) is 17.4 Å². The Bertz CT molecular complexity index is 610. The van der Waals surface area contributed by atoms with Gasteiger partial charge in [0, 0.05) is 9.26 Å². The smallest absolute Gasteiger partial charge is 0.347 e. The van der Waals surface area contributed by atoms with E-state index in [4.69, 9.17) is 5.11 Å². The number of aromatic nitrogens is 1. The molecular formula is C12H11IN2O2S. The van der Waals surface area contributed by atoms with E-state index < -0.39 is 5.97 Å². The Morgan fingerprint density at radius 3 is 2.78 bits per heavy atom. The highest BCUT2D eigenvalue weighted by atomic mass is 127. The first-order chi connectivity index (χ1) is 8.47. The Balaban J connectivity index is 2.31. The molecule has 2 rings (SSSR count). The monoisotopic (exact) mass is 374 g/mol. The molecular weight excluding hydrogens is 363 g/mol. The molecule has 1 aromatic heterocycles. The van der Waals surface area contributed by atoms with Crippen LogP contribution in [0.3, 0.4) is 0 Å². The van der Waals surface area contributed by atoms with E-state index >= 15 is 0 Å². The third-order valence-corrected chi connectivity index (χ3v) is 4.16.